The SMILES string of the molecule is CCCCOc1cn(OCCCC)c(CNC(=O)c2ccc(NC[C@@H]3[C@H](NC(=O)/C(=N\OC(C)(C)C(=O)OC(C)(C)C)c4csc(N)n4)C(=O)N3S(=O)(=O)O)nc2)cc1=O. The Hall–Kier alpha value is -5.81. The molecule has 3 aromatic heterocycles. The normalized spacial score (nSPS) is 15.8. The van der Waals surface area contributed by atoms with Gasteiger partial charge < -0.3 is 40.8 Å². The number of hydrogen-bond donors (Lipinski definition) is 5. The second-order valence-corrected chi connectivity index (χ2v) is 17.1. The Kier molecular flexibility index (Phi) is 15.6. The number of oxime groups is 1. The van der Waals surface area contributed by atoms with Gasteiger partial charge in [0.15, 0.2) is 16.6 Å². The minimum Gasteiger partial charge on any atom is -0.488 e. The van der Waals surface area contributed by atoms with Gasteiger partial charge in [-0.25, -0.2) is 19.1 Å². The van der Waals surface area contributed by atoms with Crippen molar-refractivity contribution in [3.63, 3.8) is 0 Å². The molecule has 1 saturated heterocycles. The van der Waals surface area contributed by atoms with Crippen molar-refractivity contribution in [1.29, 1.82) is 0 Å². The first-order valence-corrected chi connectivity index (χ1v) is 21.2. The van der Waals surface area contributed by atoms with Crippen molar-refractivity contribution in [2.45, 2.75) is 104 Å². The van der Waals surface area contributed by atoms with Crippen LogP contribution in [-0.4, -0.2) is 104 Å². The fourth-order valence-corrected chi connectivity index (χ4v) is 6.64. The molecule has 0 radical (unpaired) electrons. The third-order valence-corrected chi connectivity index (χ3v) is 10.1. The van der Waals surface area contributed by atoms with Gasteiger partial charge in [-0.15, -0.1) is 11.3 Å². The van der Waals surface area contributed by atoms with Crippen molar-refractivity contribution in [2.75, 3.05) is 30.8 Å². The summed E-state index contributed by atoms with van der Waals surface area (Å²) in [4.78, 5) is 84.7. The van der Waals surface area contributed by atoms with Crippen LogP contribution >= 0.6 is 11.3 Å². The Morgan fingerprint density at radius 3 is 2.37 bits per heavy atom. The summed E-state index contributed by atoms with van der Waals surface area (Å²) in [5.41, 5.74) is 2.80. The van der Waals surface area contributed by atoms with Crippen LogP contribution in [0.3, 0.4) is 0 Å². The van der Waals surface area contributed by atoms with Crippen LogP contribution in [-0.2, 0) is 40.8 Å². The van der Waals surface area contributed by atoms with Crippen LogP contribution in [0.2, 0.25) is 0 Å². The molecule has 60 heavy (non-hydrogen) atoms. The van der Waals surface area contributed by atoms with E-state index in [1.807, 2.05) is 13.8 Å². The predicted molar refractivity (Wildman–Crippen MR) is 220 cm³/mol. The van der Waals surface area contributed by atoms with Crippen LogP contribution < -0.4 is 36.7 Å². The maximum Gasteiger partial charge on any atom is 0.362 e. The number of carbonyl (C=O) groups excluding carboxylic acids is 4. The van der Waals surface area contributed by atoms with E-state index < -0.39 is 63.0 Å². The molecule has 0 saturated carbocycles. The number of pyridine rings is 2. The Bertz CT molecular complexity index is 2220. The van der Waals surface area contributed by atoms with E-state index in [4.69, 9.17) is 24.9 Å². The number of aromatic nitrogens is 3. The van der Waals surface area contributed by atoms with E-state index in [1.165, 1.54) is 54.6 Å². The van der Waals surface area contributed by atoms with Gasteiger partial charge in [-0.1, -0.05) is 31.8 Å². The van der Waals surface area contributed by atoms with Crippen LogP contribution in [0.4, 0.5) is 10.9 Å². The molecule has 21 nitrogen and oxygen atoms in total. The van der Waals surface area contributed by atoms with Crippen molar-refractivity contribution in [3.05, 3.63) is 63.1 Å². The van der Waals surface area contributed by atoms with Gasteiger partial charge in [-0.3, -0.25) is 23.7 Å². The molecule has 4 heterocycles. The third kappa shape index (κ3) is 12.6. The molecular weight excluding hydrogens is 827 g/mol. The number of amides is 3. The first kappa shape index (κ1) is 46.9. The summed E-state index contributed by atoms with van der Waals surface area (Å²) in [6.45, 7) is 12.0. The fourth-order valence-electron chi connectivity index (χ4n) is 5.22. The number of nitrogens with two attached hydrogens (primary N) is 1. The summed E-state index contributed by atoms with van der Waals surface area (Å²) in [5, 5.41) is 13.3. The van der Waals surface area contributed by atoms with Gasteiger partial charge in [-0.2, -0.15) is 13.1 Å². The van der Waals surface area contributed by atoms with Gasteiger partial charge >= 0.3 is 16.3 Å². The summed E-state index contributed by atoms with van der Waals surface area (Å²) in [6.07, 6.45) is 6.01. The lowest BCUT2D eigenvalue weighted by Gasteiger charge is -2.44. The zero-order valence-electron chi connectivity index (χ0n) is 34.3. The molecule has 3 aromatic rings. The Morgan fingerprint density at radius 2 is 1.77 bits per heavy atom. The standard InChI is InChI=1S/C37H51N9O12S2/c1-8-10-14-55-27-20-45(56-15-11-9-2)23(16-26(27)47)18-41-31(48)22-12-13-28(39-17-22)40-19-25-30(33(50)46(25)60(52,53)54)43-32(49)29(24-21-59-35(38)42-24)44-58-37(6,7)34(51)57-36(3,4)5/h12-13,16-17,20-21,25,30H,8-11,14-15,18-19H2,1-7H3,(H2,38,42)(H,39,40)(H,41,48)(H,43,49)(H,52,53,54)/b44-29-/t25-,30+/m1/s1. The van der Waals surface area contributed by atoms with Crippen molar-refractivity contribution in [3.8, 4) is 5.75 Å². The third-order valence-electron chi connectivity index (χ3n) is 8.43. The maximum absolute atomic E-state index is 13.6. The maximum atomic E-state index is 13.6. The van der Waals surface area contributed by atoms with Crippen LogP contribution in [0.1, 0.15) is 95.9 Å². The minimum absolute atomic E-state index is 0.0592. The minimum atomic E-state index is -5.08. The second kappa shape index (κ2) is 20.0. The van der Waals surface area contributed by atoms with Crippen LogP contribution in [0.25, 0.3) is 0 Å². The molecule has 0 aromatic carbocycles. The van der Waals surface area contributed by atoms with E-state index >= 15 is 0 Å². The van der Waals surface area contributed by atoms with Gasteiger partial charge in [0.1, 0.15) is 29.8 Å². The molecule has 23 heteroatoms. The largest absolute Gasteiger partial charge is 0.488 e. The van der Waals surface area contributed by atoms with E-state index in [0.29, 0.717) is 18.9 Å². The number of esters is 1. The van der Waals surface area contributed by atoms with Gasteiger partial charge in [0.05, 0.1) is 36.6 Å². The Labute approximate surface area is 350 Å². The number of unbranched alkanes of at least 4 members (excludes halogenated alkanes) is 2. The molecule has 1 aliphatic rings. The van der Waals surface area contributed by atoms with Crippen molar-refractivity contribution in [2.24, 2.45) is 5.16 Å². The monoisotopic (exact) mass is 877 g/mol. The predicted octanol–water partition coefficient (Wildman–Crippen LogP) is 2.07. The second-order valence-electron chi connectivity index (χ2n) is 14.9. The van der Waals surface area contributed by atoms with E-state index in [1.54, 1.807) is 20.8 Å². The highest BCUT2D eigenvalue weighted by Gasteiger charge is 2.54. The Morgan fingerprint density at radius 1 is 1.07 bits per heavy atom. The van der Waals surface area contributed by atoms with E-state index in [-0.39, 0.29) is 50.8 Å². The summed E-state index contributed by atoms with van der Waals surface area (Å²) >= 11 is 0.966. The lowest BCUT2D eigenvalue weighted by molar-refractivity contribution is -0.179. The first-order valence-electron chi connectivity index (χ1n) is 19.0. The number of carbonyl (C=O) groups is 4. The molecule has 0 spiro atoms. The van der Waals surface area contributed by atoms with Crippen molar-refractivity contribution >= 4 is 62.0 Å². The smallest absolute Gasteiger partial charge is 0.362 e. The number of nitrogens with zero attached hydrogens (tertiary/aromatic N) is 5. The lowest BCUT2D eigenvalue weighted by Crippen LogP contribution is -2.74. The summed E-state index contributed by atoms with van der Waals surface area (Å²) in [6, 6.07) is 1.28. The summed E-state index contributed by atoms with van der Waals surface area (Å²) in [5.74, 6) is -3.27. The molecule has 3 amide bonds. The molecule has 4 rings (SSSR count). The highest BCUT2D eigenvalue weighted by Crippen LogP contribution is 2.25. The zero-order chi connectivity index (χ0) is 44.4. The number of rotatable bonds is 21. The number of β-lactam (4-membered cyclic amide) rings is 1. The van der Waals surface area contributed by atoms with Gasteiger partial charge in [0.2, 0.25) is 11.0 Å². The summed E-state index contributed by atoms with van der Waals surface area (Å²) in [7, 11) is -5.08. The van der Waals surface area contributed by atoms with Crippen LogP contribution in [0.5, 0.6) is 5.75 Å². The van der Waals surface area contributed by atoms with Crippen LogP contribution in [0.15, 0.2) is 45.9 Å². The van der Waals surface area contributed by atoms with E-state index in [2.05, 4.69) is 31.1 Å². The molecule has 0 aliphatic carbocycles. The lowest BCUT2D eigenvalue weighted by atomic mass is 9.98. The molecule has 2 atom stereocenters. The molecule has 1 aliphatic heterocycles. The van der Waals surface area contributed by atoms with Crippen LogP contribution in [0, 0.1) is 0 Å². The number of thiazole rings is 1. The topological polar surface area (TPSA) is 285 Å². The molecule has 6 N–H and O–H groups in total. The summed E-state index contributed by atoms with van der Waals surface area (Å²) < 4.78 is 46.8. The molecule has 1 fully saturated rings. The van der Waals surface area contributed by atoms with E-state index in [0.717, 1.165) is 37.0 Å². The molecule has 328 valence electrons. The van der Waals surface area contributed by atoms with Gasteiger partial charge in [0.25, 0.3) is 17.7 Å². The number of ether oxygens (including phenoxy) is 2. The number of nitrogen functional groups attached to an aromatic ring is 1. The fraction of sp³-hybridized carbons (Fsp3) is 0.514. The highest BCUT2D eigenvalue weighted by molar-refractivity contribution is 7.84. The van der Waals surface area contributed by atoms with Gasteiger partial charge in [-0.05, 0) is 59.6 Å². The average Bonchev–Trinajstić information content (AvgIpc) is 3.60. The number of anilines is 2. The molecular formula is C37H51N9O12S2. The van der Waals surface area contributed by atoms with Crippen molar-refractivity contribution in [1.82, 2.24) is 29.6 Å². The number of nitrogens with one attached hydrogen (secondary N) is 3. The number of hydrogen-bond acceptors (Lipinski definition) is 17. The average molecular weight is 878 g/mol. The Balaban J connectivity index is 1.45. The first-order chi connectivity index (χ1) is 28.1. The quantitative estimate of drug-likeness (QED) is 0.0256. The van der Waals surface area contributed by atoms with E-state index in [9.17, 15) is 36.9 Å². The van der Waals surface area contributed by atoms with Crippen molar-refractivity contribution < 1.29 is 51.3 Å². The molecule has 0 bridgehead atoms. The zero-order valence-corrected chi connectivity index (χ0v) is 36.0. The van der Waals surface area contributed by atoms with Gasteiger partial charge in [0, 0.05) is 24.2 Å². The molecule has 0 unspecified atom stereocenters. The highest BCUT2D eigenvalue weighted by atomic mass is 32.2.